The Kier molecular flexibility index (Phi) is 4.97. The van der Waals surface area contributed by atoms with Gasteiger partial charge in [0.2, 0.25) is 0 Å². The Balaban J connectivity index is 1.37. The largest absolute Gasteiger partial charge is 0.360 e. The number of aromatic nitrogens is 4. The van der Waals surface area contributed by atoms with Gasteiger partial charge in [0.15, 0.2) is 5.69 Å². The highest BCUT2D eigenvalue weighted by Gasteiger charge is 2.25. The predicted molar refractivity (Wildman–Crippen MR) is 120 cm³/mol. The fourth-order valence-corrected chi connectivity index (χ4v) is 4.12. The van der Waals surface area contributed by atoms with E-state index >= 15 is 0 Å². The molecule has 0 bridgehead atoms. The molecule has 0 saturated carbocycles. The molecule has 3 heterocycles. The van der Waals surface area contributed by atoms with Gasteiger partial charge in [-0.2, -0.15) is 0 Å². The van der Waals surface area contributed by atoms with Gasteiger partial charge in [0.05, 0.1) is 16.3 Å². The van der Waals surface area contributed by atoms with E-state index in [1.54, 1.807) is 30.0 Å². The summed E-state index contributed by atoms with van der Waals surface area (Å²) in [7, 11) is 0. The number of fused-ring (bicyclic) bond motifs is 1. The summed E-state index contributed by atoms with van der Waals surface area (Å²) in [5.74, 6) is -0.542. The normalized spacial score (nSPS) is 13.9. The molecule has 166 valence electrons. The summed E-state index contributed by atoms with van der Waals surface area (Å²) in [5.41, 5.74) is 3.94. The van der Waals surface area contributed by atoms with Crippen molar-refractivity contribution in [1.29, 1.82) is 0 Å². The minimum absolute atomic E-state index is 0.0657. The Labute approximate surface area is 187 Å². The molecule has 33 heavy (non-hydrogen) atoms. The number of benzene rings is 2. The van der Waals surface area contributed by atoms with Gasteiger partial charge in [0.1, 0.15) is 5.82 Å². The highest BCUT2D eigenvalue weighted by atomic mass is 19.1. The summed E-state index contributed by atoms with van der Waals surface area (Å²) < 4.78 is 14.9. The van der Waals surface area contributed by atoms with Crippen LogP contribution in [0, 0.1) is 22.9 Å². The van der Waals surface area contributed by atoms with Crippen LogP contribution in [0.2, 0.25) is 0 Å². The number of hydrogen-bond donors (Lipinski definition) is 1. The minimum atomic E-state index is -0.482. The minimum Gasteiger partial charge on any atom is -0.360 e. The standard InChI is InChI=1S/C23H19FN6O3/c1-14-22(26-27-29(14)17-3-2-4-18(12-17)30(32)33)23(31)28-9-7-15(8-10-28)20-13-25-21-11-16(24)5-6-19(20)21/h2-7,11-13,25H,8-10H2,1H3. The van der Waals surface area contributed by atoms with Gasteiger partial charge in [0.25, 0.3) is 11.6 Å². The average molecular weight is 446 g/mol. The number of nitrogens with one attached hydrogen (secondary N) is 1. The predicted octanol–water partition coefficient (Wildman–Crippen LogP) is 4.03. The van der Waals surface area contributed by atoms with Crippen LogP contribution in [0.4, 0.5) is 10.1 Å². The summed E-state index contributed by atoms with van der Waals surface area (Å²) in [6.07, 6.45) is 4.50. The number of aromatic amines is 1. The molecule has 1 aliphatic rings. The van der Waals surface area contributed by atoms with E-state index in [-0.39, 0.29) is 23.1 Å². The first-order valence-corrected chi connectivity index (χ1v) is 10.3. The Hall–Kier alpha value is -4.34. The molecular weight excluding hydrogens is 427 g/mol. The van der Waals surface area contributed by atoms with Crippen molar-refractivity contribution in [2.75, 3.05) is 13.1 Å². The molecule has 1 aliphatic heterocycles. The van der Waals surface area contributed by atoms with Crippen molar-refractivity contribution in [3.63, 3.8) is 0 Å². The van der Waals surface area contributed by atoms with E-state index in [2.05, 4.69) is 15.3 Å². The monoisotopic (exact) mass is 446 g/mol. The molecule has 0 fully saturated rings. The van der Waals surface area contributed by atoms with Crippen molar-refractivity contribution >= 4 is 28.1 Å². The van der Waals surface area contributed by atoms with Crippen molar-refractivity contribution in [2.24, 2.45) is 0 Å². The number of nitrogens with zero attached hydrogens (tertiary/aromatic N) is 5. The second-order valence-corrected chi connectivity index (χ2v) is 7.84. The number of H-pyrrole nitrogens is 1. The highest BCUT2D eigenvalue weighted by Crippen LogP contribution is 2.30. The lowest BCUT2D eigenvalue weighted by molar-refractivity contribution is -0.384. The van der Waals surface area contributed by atoms with Crippen LogP contribution in [-0.4, -0.2) is 48.8 Å². The van der Waals surface area contributed by atoms with Crippen molar-refractivity contribution in [3.8, 4) is 5.69 Å². The van der Waals surface area contributed by atoms with Gasteiger partial charge >= 0.3 is 0 Å². The summed E-state index contributed by atoms with van der Waals surface area (Å²) in [5, 5.41) is 20.1. The molecule has 0 saturated heterocycles. The number of amides is 1. The second-order valence-electron chi connectivity index (χ2n) is 7.84. The first-order chi connectivity index (χ1) is 15.9. The van der Waals surface area contributed by atoms with Gasteiger partial charge in [0, 0.05) is 47.9 Å². The van der Waals surface area contributed by atoms with Crippen molar-refractivity contribution in [2.45, 2.75) is 13.3 Å². The van der Waals surface area contributed by atoms with Gasteiger partial charge in [-0.1, -0.05) is 17.4 Å². The SMILES string of the molecule is Cc1c(C(=O)N2CC=C(c3c[nH]c4cc(F)ccc34)CC2)nnn1-c1cccc([N+](=O)[O-])c1. The van der Waals surface area contributed by atoms with Gasteiger partial charge in [-0.25, -0.2) is 9.07 Å². The third kappa shape index (κ3) is 3.65. The number of rotatable bonds is 4. The second kappa shape index (κ2) is 7.97. The number of nitro groups is 1. The van der Waals surface area contributed by atoms with Gasteiger partial charge < -0.3 is 9.88 Å². The molecule has 1 amide bonds. The van der Waals surface area contributed by atoms with E-state index in [1.165, 1.54) is 28.9 Å². The van der Waals surface area contributed by atoms with Crippen LogP contribution in [0.15, 0.2) is 54.7 Å². The maximum absolute atomic E-state index is 13.5. The first-order valence-electron chi connectivity index (χ1n) is 10.3. The molecule has 0 aliphatic carbocycles. The number of halogens is 1. The molecule has 0 radical (unpaired) electrons. The smallest absolute Gasteiger partial charge is 0.276 e. The maximum atomic E-state index is 13.5. The van der Waals surface area contributed by atoms with E-state index in [0.29, 0.717) is 30.9 Å². The molecular formula is C23H19FN6O3. The summed E-state index contributed by atoms with van der Waals surface area (Å²) in [6.45, 7) is 2.62. The summed E-state index contributed by atoms with van der Waals surface area (Å²) in [4.78, 5) is 28.5. The molecule has 0 spiro atoms. The van der Waals surface area contributed by atoms with E-state index < -0.39 is 4.92 Å². The number of nitro benzene ring substituents is 1. The van der Waals surface area contributed by atoms with Crippen LogP contribution in [0.1, 0.15) is 28.2 Å². The molecule has 2 aromatic heterocycles. The fourth-order valence-electron chi connectivity index (χ4n) is 4.12. The zero-order valence-corrected chi connectivity index (χ0v) is 17.7. The van der Waals surface area contributed by atoms with E-state index in [9.17, 15) is 19.3 Å². The lowest BCUT2D eigenvalue weighted by Gasteiger charge is -2.26. The maximum Gasteiger partial charge on any atom is 0.276 e. The van der Waals surface area contributed by atoms with E-state index in [4.69, 9.17) is 0 Å². The zero-order valence-electron chi connectivity index (χ0n) is 17.7. The topological polar surface area (TPSA) is 110 Å². The number of hydrogen-bond acceptors (Lipinski definition) is 5. The van der Waals surface area contributed by atoms with Crippen molar-refractivity contribution in [1.82, 2.24) is 24.9 Å². The molecule has 2 aromatic carbocycles. The molecule has 1 N–H and O–H groups in total. The molecule has 4 aromatic rings. The van der Waals surface area contributed by atoms with Gasteiger partial charge in [-0.05, 0) is 43.2 Å². The van der Waals surface area contributed by atoms with Crippen LogP contribution in [0.5, 0.6) is 0 Å². The summed E-state index contributed by atoms with van der Waals surface area (Å²) >= 11 is 0. The van der Waals surface area contributed by atoms with Crippen LogP contribution < -0.4 is 0 Å². The third-order valence-electron chi connectivity index (χ3n) is 5.87. The lowest BCUT2D eigenvalue weighted by Crippen LogP contribution is -2.35. The quantitative estimate of drug-likeness (QED) is 0.376. The number of non-ortho nitro benzene ring substituents is 1. The fraction of sp³-hybridized carbons (Fsp3) is 0.174. The lowest BCUT2D eigenvalue weighted by atomic mass is 9.98. The summed E-state index contributed by atoms with van der Waals surface area (Å²) in [6, 6.07) is 10.7. The van der Waals surface area contributed by atoms with E-state index in [0.717, 1.165) is 22.0 Å². The Morgan fingerprint density at radius 2 is 2.09 bits per heavy atom. The molecule has 5 rings (SSSR count). The average Bonchev–Trinajstić information content (AvgIpc) is 3.42. The van der Waals surface area contributed by atoms with E-state index in [1.807, 2.05) is 12.3 Å². The van der Waals surface area contributed by atoms with Gasteiger partial charge in [-0.15, -0.1) is 5.10 Å². The number of carbonyl (C=O) groups excluding carboxylic acids is 1. The van der Waals surface area contributed by atoms with Crippen molar-refractivity contribution in [3.05, 3.63) is 87.6 Å². The number of carbonyl (C=O) groups is 1. The Morgan fingerprint density at radius 1 is 1.24 bits per heavy atom. The Bertz CT molecular complexity index is 1440. The molecule has 0 atom stereocenters. The molecule has 10 heteroatoms. The van der Waals surface area contributed by atoms with Crippen LogP contribution >= 0.6 is 0 Å². The third-order valence-corrected chi connectivity index (χ3v) is 5.87. The van der Waals surface area contributed by atoms with Crippen LogP contribution in [0.25, 0.3) is 22.2 Å². The van der Waals surface area contributed by atoms with Crippen LogP contribution in [0.3, 0.4) is 0 Å². The first kappa shape index (κ1) is 20.6. The Morgan fingerprint density at radius 3 is 2.85 bits per heavy atom. The zero-order chi connectivity index (χ0) is 23.1. The van der Waals surface area contributed by atoms with Crippen molar-refractivity contribution < 1.29 is 14.1 Å². The highest BCUT2D eigenvalue weighted by molar-refractivity contribution is 5.95. The van der Waals surface area contributed by atoms with Crippen LogP contribution in [-0.2, 0) is 0 Å². The molecule has 9 nitrogen and oxygen atoms in total. The van der Waals surface area contributed by atoms with Gasteiger partial charge in [-0.3, -0.25) is 14.9 Å². The molecule has 0 unspecified atom stereocenters.